The Morgan fingerprint density at radius 1 is 1.34 bits per heavy atom. The number of hydrogen-bond donors (Lipinski definition) is 1. The summed E-state index contributed by atoms with van der Waals surface area (Å²) in [6.45, 7) is 8.41. The van der Waals surface area contributed by atoms with Gasteiger partial charge in [0, 0.05) is 36.8 Å². The Balaban J connectivity index is 1.69. The van der Waals surface area contributed by atoms with Gasteiger partial charge in [0.05, 0.1) is 17.9 Å². The van der Waals surface area contributed by atoms with E-state index in [-0.39, 0.29) is 18.3 Å². The second-order valence-corrected chi connectivity index (χ2v) is 9.03. The predicted molar refractivity (Wildman–Crippen MR) is 127 cm³/mol. The highest BCUT2D eigenvalue weighted by Crippen LogP contribution is 2.30. The molecule has 0 aliphatic rings. The Kier molecular flexibility index (Phi) is 8.29. The molecule has 10 heteroatoms. The van der Waals surface area contributed by atoms with Crippen LogP contribution in [-0.4, -0.2) is 43.6 Å². The zero-order valence-electron chi connectivity index (χ0n) is 18.5. The molecule has 0 fully saturated rings. The fourth-order valence-corrected chi connectivity index (χ4v) is 4.84. The molecule has 3 aromatic heterocycles. The number of carbonyl (C=O) groups is 2. The maximum absolute atomic E-state index is 12.6. The normalized spacial score (nSPS) is 10.8. The molecule has 0 aliphatic carbocycles. The van der Waals surface area contributed by atoms with Crippen LogP contribution in [0, 0.1) is 0 Å². The lowest BCUT2D eigenvalue weighted by atomic mass is 10.2. The first-order chi connectivity index (χ1) is 15.5. The minimum atomic E-state index is -0.428. The van der Waals surface area contributed by atoms with Gasteiger partial charge in [0.1, 0.15) is 10.8 Å². The van der Waals surface area contributed by atoms with Crippen LogP contribution in [0.15, 0.2) is 42.2 Å². The highest BCUT2D eigenvalue weighted by molar-refractivity contribution is 7.99. The zero-order valence-corrected chi connectivity index (χ0v) is 20.1. The lowest BCUT2D eigenvalue weighted by Crippen LogP contribution is -2.16. The number of aryl methyl sites for hydroxylation is 2. The Morgan fingerprint density at radius 2 is 2.16 bits per heavy atom. The van der Waals surface area contributed by atoms with Gasteiger partial charge in [-0.05, 0) is 31.5 Å². The van der Waals surface area contributed by atoms with Crippen LogP contribution in [0.1, 0.15) is 40.6 Å². The van der Waals surface area contributed by atoms with Crippen molar-refractivity contribution in [3.63, 3.8) is 0 Å². The van der Waals surface area contributed by atoms with Crippen molar-refractivity contribution in [1.82, 2.24) is 19.3 Å². The Hall–Kier alpha value is -2.85. The van der Waals surface area contributed by atoms with Crippen LogP contribution >= 0.6 is 23.1 Å². The summed E-state index contributed by atoms with van der Waals surface area (Å²) in [5.41, 5.74) is 1.51. The summed E-state index contributed by atoms with van der Waals surface area (Å²) < 4.78 is 9.11. The topological polar surface area (TPSA) is 91.0 Å². The summed E-state index contributed by atoms with van der Waals surface area (Å²) in [5, 5.41) is 12.6. The van der Waals surface area contributed by atoms with Crippen LogP contribution in [0.2, 0.25) is 0 Å². The molecule has 0 saturated carbocycles. The summed E-state index contributed by atoms with van der Waals surface area (Å²) >= 11 is 2.69. The van der Waals surface area contributed by atoms with Gasteiger partial charge in [-0.25, -0.2) is 4.79 Å². The zero-order chi connectivity index (χ0) is 23.1. The van der Waals surface area contributed by atoms with Crippen LogP contribution in [0.4, 0.5) is 5.00 Å². The predicted octanol–water partition coefficient (Wildman–Crippen LogP) is 3.92. The van der Waals surface area contributed by atoms with Crippen LogP contribution < -0.4 is 5.32 Å². The van der Waals surface area contributed by atoms with E-state index in [1.165, 1.54) is 23.1 Å². The number of ether oxygens (including phenoxy) is 1. The maximum Gasteiger partial charge on any atom is 0.341 e. The van der Waals surface area contributed by atoms with E-state index in [1.807, 2.05) is 41.4 Å². The molecule has 0 saturated heterocycles. The first-order valence-corrected chi connectivity index (χ1v) is 12.1. The minimum Gasteiger partial charge on any atom is -0.462 e. The summed E-state index contributed by atoms with van der Waals surface area (Å²) in [6, 6.07) is 5.81. The number of anilines is 1. The van der Waals surface area contributed by atoms with Gasteiger partial charge in [-0.1, -0.05) is 24.8 Å². The van der Waals surface area contributed by atoms with E-state index in [0.29, 0.717) is 28.7 Å². The number of nitrogens with one attached hydrogen (secondary N) is 1. The van der Waals surface area contributed by atoms with E-state index in [0.717, 1.165) is 22.8 Å². The summed E-state index contributed by atoms with van der Waals surface area (Å²) in [7, 11) is 1.99. The SMILES string of the molecule is C=CCn1c(Cc2cccn2C)nnc1SCC(=O)Nc1sc(CC)cc1C(=O)OCC. The minimum absolute atomic E-state index is 0.140. The van der Waals surface area contributed by atoms with Crippen molar-refractivity contribution < 1.29 is 14.3 Å². The van der Waals surface area contributed by atoms with Crippen molar-refractivity contribution in [3.8, 4) is 0 Å². The third kappa shape index (κ3) is 5.68. The molecule has 0 aromatic carbocycles. The Bertz CT molecular complexity index is 1100. The lowest BCUT2D eigenvalue weighted by molar-refractivity contribution is -0.113. The molecule has 3 aromatic rings. The van der Waals surface area contributed by atoms with E-state index in [4.69, 9.17) is 4.74 Å². The molecule has 1 N–H and O–H groups in total. The molecule has 0 aliphatic heterocycles. The van der Waals surface area contributed by atoms with E-state index in [1.54, 1.807) is 19.1 Å². The van der Waals surface area contributed by atoms with Crippen LogP contribution in [0.25, 0.3) is 0 Å². The molecule has 3 heterocycles. The number of thioether (sulfide) groups is 1. The number of hydrogen-bond acceptors (Lipinski definition) is 7. The highest BCUT2D eigenvalue weighted by atomic mass is 32.2. The van der Waals surface area contributed by atoms with Gasteiger partial charge < -0.3 is 19.2 Å². The first-order valence-electron chi connectivity index (χ1n) is 10.3. The van der Waals surface area contributed by atoms with Gasteiger partial charge in [0.2, 0.25) is 5.91 Å². The van der Waals surface area contributed by atoms with Gasteiger partial charge in [0.25, 0.3) is 0 Å². The molecular formula is C22H27N5O3S2. The fraction of sp³-hybridized carbons (Fsp3) is 0.364. The van der Waals surface area contributed by atoms with Crippen molar-refractivity contribution in [3.05, 3.63) is 59.0 Å². The quantitative estimate of drug-likeness (QED) is 0.258. The van der Waals surface area contributed by atoms with Crippen molar-refractivity contribution >= 4 is 40.0 Å². The molecule has 170 valence electrons. The Labute approximate surface area is 195 Å². The highest BCUT2D eigenvalue weighted by Gasteiger charge is 2.20. The van der Waals surface area contributed by atoms with Crippen molar-refractivity contribution in [2.75, 3.05) is 17.7 Å². The van der Waals surface area contributed by atoms with Crippen molar-refractivity contribution in [1.29, 1.82) is 0 Å². The molecule has 1 amide bonds. The van der Waals surface area contributed by atoms with E-state index in [2.05, 4.69) is 22.1 Å². The van der Waals surface area contributed by atoms with Crippen molar-refractivity contribution in [2.24, 2.45) is 7.05 Å². The van der Waals surface area contributed by atoms with Gasteiger partial charge in [-0.15, -0.1) is 28.1 Å². The maximum atomic E-state index is 12.6. The average molecular weight is 474 g/mol. The van der Waals surface area contributed by atoms with Gasteiger partial charge in [-0.2, -0.15) is 0 Å². The average Bonchev–Trinajstić information content (AvgIpc) is 3.47. The first kappa shape index (κ1) is 23.8. The molecule has 0 bridgehead atoms. The smallest absolute Gasteiger partial charge is 0.341 e. The monoisotopic (exact) mass is 473 g/mol. The Morgan fingerprint density at radius 3 is 2.81 bits per heavy atom. The molecule has 8 nitrogen and oxygen atoms in total. The molecule has 32 heavy (non-hydrogen) atoms. The number of carbonyl (C=O) groups excluding carboxylic acids is 2. The van der Waals surface area contributed by atoms with Crippen molar-refractivity contribution in [2.45, 2.75) is 38.4 Å². The third-order valence-electron chi connectivity index (χ3n) is 4.71. The number of rotatable bonds is 11. The molecule has 0 unspecified atom stereocenters. The van der Waals surface area contributed by atoms with Crippen LogP contribution in [0.5, 0.6) is 0 Å². The second kappa shape index (κ2) is 11.1. The number of nitrogens with zero attached hydrogens (tertiary/aromatic N) is 4. The summed E-state index contributed by atoms with van der Waals surface area (Å²) in [5.74, 6) is 0.302. The lowest BCUT2D eigenvalue weighted by Gasteiger charge is -2.09. The van der Waals surface area contributed by atoms with Gasteiger partial charge >= 0.3 is 5.97 Å². The van der Waals surface area contributed by atoms with E-state index >= 15 is 0 Å². The van der Waals surface area contributed by atoms with Gasteiger partial charge in [-0.3, -0.25) is 4.79 Å². The molecule has 3 rings (SSSR count). The van der Waals surface area contributed by atoms with E-state index in [9.17, 15) is 9.59 Å². The summed E-state index contributed by atoms with van der Waals surface area (Å²) in [4.78, 5) is 25.9. The van der Waals surface area contributed by atoms with Crippen LogP contribution in [-0.2, 0) is 36.0 Å². The number of esters is 1. The van der Waals surface area contributed by atoms with Gasteiger partial charge in [0.15, 0.2) is 5.16 Å². The summed E-state index contributed by atoms with van der Waals surface area (Å²) in [6.07, 6.45) is 5.18. The molecule has 0 spiro atoms. The molecular weight excluding hydrogens is 446 g/mol. The number of aromatic nitrogens is 4. The standard InChI is InChI=1S/C22H27N5O3S2/c1-5-10-27-18(12-15-9-8-11-26(15)4)24-25-22(27)31-14-19(28)23-20-17(21(29)30-7-3)13-16(6-2)32-20/h5,8-9,11,13H,1,6-7,10,12,14H2,2-4H3,(H,23,28). The van der Waals surface area contributed by atoms with E-state index < -0.39 is 5.97 Å². The number of amides is 1. The number of thiophene rings is 1. The van der Waals surface area contributed by atoms with Crippen LogP contribution in [0.3, 0.4) is 0 Å². The number of allylic oxidation sites excluding steroid dienone is 1. The molecule has 0 atom stereocenters. The third-order valence-corrected chi connectivity index (χ3v) is 6.87. The molecule has 0 radical (unpaired) electrons. The fourth-order valence-electron chi connectivity index (χ4n) is 3.07. The largest absolute Gasteiger partial charge is 0.462 e. The second-order valence-electron chi connectivity index (χ2n) is 6.95.